The normalized spacial score (nSPS) is 10.5. The third-order valence-electron chi connectivity index (χ3n) is 3.09. The van der Waals surface area contributed by atoms with Crippen molar-refractivity contribution in [1.82, 2.24) is 15.1 Å². The zero-order valence-corrected chi connectivity index (χ0v) is 11.4. The summed E-state index contributed by atoms with van der Waals surface area (Å²) < 4.78 is 1.74. The lowest BCUT2D eigenvalue weighted by atomic mass is 10.1. The van der Waals surface area contributed by atoms with Gasteiger partial charge in [-0.1, -0.05) is 0 Å². The summed E-state index contributed by atoms with van der Waals surface area (Å²) in [5, 5.41) is 7.12. The van der Waals surface area contributed by atoms with Crippen LogP contribution in [0.3, 0.4) is 0 Å². The number of nitrogens with two attached hydrogens (primary N) is 1. The molecule has 0 aliphatic heterocycles. The van der Waals surface area contributed by atoms with Gasteiger partial charge >= 0.3 is 0 Å². The molecule has 1 amide bonds. The lowest BCUT2D eigenvalue weighted by molar-refractivity contribution is 0.0951. The molecule has 1 aromatic carbocycles. The van der Waals surface area contributed by atoms with Crippen LogP contribution in [0.5, 0.6) is 0 Å². The first-order chi connectivity index (χ1) is 8.97. The van der Waals surface area contributed by atoms with E-state index in [9.17, 15) is 4.79 Å². The van der Waals surface area contributed by atoms with Crippen molar-refractivity contribution in [3.63, 3.8) is 0 Å². The monoisotopic (exact) mass is 258 g/mol. The third-order valence-corrected chi connectivity index (χ3v) is 3.09. The van der Waals surface area contributed by atoms with Gasteiger partial charge in [0.15, 0.2) is 0 Å². The number of carbonyl (C=O) groups is 1. The van der Waals surface area contributed by atoms with Crippen molar-refractivity contribution >= 4 is 11.6 Å². The van der Waals surface area contributed by atoms with Crippen LogP contribution in [-0.4, -0.2) is 15.7 Å². The van der Waals surface area contributed by atoms with Crippen LogP contribution in [0.2, 0.25) is 0 Å². The number of nitrogens with one attached hydrogen (secondary N) is 1. The fourth-order valence-electron chi connectivity index (χ4n) is 1.92. The summed E-state index contributed by atoms with van der Waals surface area (Å²) in [6.45, 7) is 4.29. The Kier molecular flexibility index (Phi) is 3.55. The second kappa shape index (κ2) is 5.14. The Balaban J connectivity index is 2.05. The maximum atomic E-state index is 12.0. The van der Waals surface area contributed by atoms with Crippen LogP contribution in [0.4, 0.5) is 5.69 Å². The van der Waals surface area contributed by atoms with Crippen molar-refractivity contribution in [3.8, 4) is 0 Å². The lowest BCUT2D eigenvalue weighted by Gasteiger charge is -2.06. The largest absolute Gasteiger partial charge is 0.399 e. The molecule has 0 bridgehead atoms. The van der Waals surface area contributed by atoms with E-state index in [1.807, 2.05) is 27.1 Å². The first-order valence-electron chi connectivity index (χ1n) is 6.11. The SMILES string of the molecule is Cc1cc(C(=O)NCc2cn(C)nc2C)ccc1N. The molecule has 0 spiro atoms. The lowest BCUT2D eigenvalue weighted by Crippen LogP contribution is -2.23. The number of hydrogen-bond acceptors (Lipinski definition) is 3. The highest BCUT2D eigenvalue weighted by molar-refractivity contribution is 5.94. The third kappa shape index (κ3) is 2.93. The molecule has 5 heteroatoms. The molecule has 0 unspecified atom stereocenters. The van der Waals surface area contributed by atoms with E-state index in [2.05, 4.69) is 10.4 Å². The van der Waals surface area contributed by atoms with E-state index >= 15 is 0 Å². The Hall–Kier alpha value is -2.30. The van der Waals surface area contributed by atoms with Gasteiger partial charge in [-0.15, -0.1) is 0 Å². The van der Waals surface area contributed by atoms with Gasteiger partial charge in [0.25, 0.3) is 5.91 Å². The summed E-state index contributed by atoms with van der Waals surface area (Å²) in [4.78, 5) is 12.0. The molecule has 0 saturated carbocycles. The number of nitrogens with zero attached hydrogens (tertiary/aromatic N) is 2. The minimum atomic E-state index is -0.105. The maximum absolute atomic E-state index is 12.0. The maximum Gasteiger partial charge on any atom is 0.251 e. The van der Waals surface area contributed by atoms with Gasteiger partial charge in [-0.2, -0.15) is 5.10 Å². The molecule has 1 aromatic heterocycles. The Labute approximate surface area is 112 Å². The van der Waals surface area contributed by atoms with Crippen molar-refractivity contribution in [2.45, 2.75) is 20.4 Å². The smallest absolute Gasteiger partial charge is 0.251 e. The molecular weight excluding hydrogens is 240 g/mol. The Morgan fingerprint density at radius 3 is 2.74 bits per heavy atom. The molecule has 100 valence electrons. The first-order valence-corrected chi connectivity index (χ1v) is 6.11. The predicted octanol–water partition coefficient (Wildman–Crippen LogP) is 1.55. The molecule has 0 fully saturated rings. The Bertz CT molecular complexity index is 616. The van der Waals surface area contributed by atoms with Crippen molar-refractivity contribution in [2.24, 2.45) is 7.05 Å². The fraction of sp³-hybridized carbons (Fsp3) is 0.286. The summed E-state index contributed by atoms with van der Waals surface area (Å²) in [5.41, 5.74) is 9.90. The minimum absolute atomic E-state index is 0.105. The fourth-order valence-corrected chi connectivity index (χ4v) is 1.92. The van der Waals surface area contributed by atoms with Gasteiger partial charge in [0.05, 0.1) is 5.69 Å². The highest BCUT2D eigenvalue weighted by Gasteiger charge is 2.08. The molecule has 2 aromatic rings. The molecule has 5 nitrogen and oxygen atoms in total. The van der Waals surface area contributed by atoms with E-state index in [1.54, 1.807) is 22.9 Å². The highest BCUT2D eigenvalue weighted by atomic mass is 16.1. The van der Waals surface area contributed by atoms with Gasteiger partial charge in [-0.3, -0.25) is 9.48 Å². The number of nitrogen functional groups attached to an aromatic ring is 1. The van der Waals surface area contributed by atoms with Gasteiger partial charge in [0.1, 0.15) is 0 Å². The van der Waals surface area contributed by atoms with Crippen LogP contribution < -0.4 is 11.1 Å². The van der Waals surface area contributed by atoms with Gasteiger partial charge in [-0.25, -0.2) is 0 Å². The second-order valence-corrected chi connectivity index (χ2v) is 4.67. The molecule has 0 aliphatic carbocycles. The summed E-state index contributed by atoms with van der Waals surface area (Å²) in [6, 6.07) is 5.27. The quantitative estimate of drug-likeness (QED) is 0.820. The van der Waals surface area contributed by atoms with Crippen molar-refractivity contribution in [3.05, 3.63) is 46.8 Å². The number of rotatable bonds is 3. The number of hydrogen-bond donors (Lipinski definition) is 2. The number of aromatic nitrogens is 2. The standard InChI is InChI=1S/C14H18N4O/c1-9-6-11(4-5-13(9)15)14(19)16-7-12-8-18(3)17-10(12)2/h4-6,8H,7,15H2,1-3H3,(H,16,19). The van der Waals surface area contributed by atoms with Crippen LogP contribution >= 0.6 is 0 Å². The summed E-state index contributed by atoms with van der Waals surface area (Å²) in [7, 11) is 1.86. The molecule has 0 atom stereocenters. The highest BCUT2D eigenvalue weighted by Crippen LogP contribution is 2.13. The molecule has 0 aliphatic rings. The molecule has 0 radical (unpaired) electrons. The number of aryl methyl sites for hydroxylation is 3. The minimum Gasteiger partial charge on any atom is -0.399 e. The second-order valence-electron chi connectivity index (χ2n) is 4.67. The van der Waals surface area contributed by atoms with Crippen molar-refractivity contribution < 1.29 is 4.79 Å². The van der Waals surface area contributed by atoms with E-state index in [0.29, 0.717) is 17.8 Å². The van der Waals surface area contributed by atoms with Crippen molar-refractivity contribution in [2.75, 3.05) is 5.73 Å². The van der Waals surface area contributed by atoms with Crippen LogP contribution in [0.1, 0.15) is 27.2 Å². The molecule has 1 heterocycles. The number of carbonyl (C=O) groups excluding carboxylic acids is 1. The van der Waals surface area contributed by atoms with E-state index in [-0.39, 0.29) is 5.91 Å². The van der Waals surface area contributed by atoms with Gasteiger partial charge < -0.3 is 11.1 Å². The Morgan fingerprint density at radius 2 is 2.16 bits per heavy atom. The van der Waals surface area contributed by atoms with E-state index in [1.165, 1.54) is 0 Å². The Morgan fingerprint density at radius 1 is 1.42 bits per heavy atom. The summed E-state index contributed by atoms with van der Waals surface area (Å²) >= 11 is 0. The van der Waals surface area contributed by atoms with E-state index in [4.69, 9.17) is 5.73 Å². The zero-order valence-electron chi connectivity index (χ0n) is 11.4. The van der Waals surface area contributed by atoms with Crippen LogP contribution in [-0.2, 0) is 13.6 Å². The first kappa shape index (κ1) is 13.1. The molecule has 0 saturated heterocycles. The average Bonchev–Trinajstić information content (AvgIpc) is 2.68. The zero-order chi connectivity index (χ0) is 14.0. The topological polar surface area (TPSA) is 72.9 Å². The van der Waals surface area contributed by atoms with E-state index < -0.39 is 0 Å². The summed E-state index contributed by atoms with van der Waals surface area (Å²) in [5.74, 6) is -0.105. The van der Waals surface area contributed by atoms with E-state index in [0.717, 1.165) is 16.8 Å². The molecular formula is C14H18N4O. The number of amides is 1. The van der Waals surface area contributed by atoms with Crippen LogP contribution in [0.15, 0.2) is 24.4 Å². The van der Waals surface area contributed by atoms with Crippen LogP contribution in [0.25, 0.3) is 0 Å². The van der Waals surface area contributed by atoms with Gasteiger partial charge in [-0.05, 0) is 37.6 Å². The predicted molar refractivity (Wildman–Crippen MR) is 74.7 cm³/mol. The van der Waals surface area contributed by atoms with Crippen LogP contribution in [0, 0.1) is 13.8 Å². The van der Waals surface area contributed by atoms with Gasteiger partial charge in [0, 0.05) is 36.6 Å². The van der Waals surface area contributed by atoms with Crippen molar-refractivity contribution in [1.29, 1.82) is 0 Å². The number of benzene rings is 1. The summed E-state index contributed by atoms with van der Waals surface area (Å²) in [6.07, 6.45) is 1.91. The molecule has 3 N–H and O–H groups in total. The van der Waals surface area contributed by atoms with Gasteiger partial charge in [0.2, 0.25) is 0 Å². The molecule has 19 heavy (non-hydrogen) atoms. The average molecular weight is 258 g/mol. The number of anilines is 1. The molecule has 2 rings (SSSR count).